The maximum Gasteiger partial charge on any atom is 0.105 e. The summed E-state index contributed by atoms with van der Waals surface area (Å²) in [5, 5.41) is 0. The Hall–Kier alpha value is -0.450. The molecule has 0 atom stereocenters. The largest absolute Gasteiger partial charge is 0.376 e. The average Bonchev–Trinajstić information content (AvgIpc) is 2.05. The smallest absolute Gasteiger partial charge is 0.105 e. The third-order valence-corrected chi connectivity index (χ3v) is 2.33. The molecule has 70 valence electrons. The maximum atomic E-state index is 5.50. The van der Waals surface area contributed by atoms with Crippen LogP contribution in [0.2, 0.25) is 0 Å². The molecular weight excluding hydrogens is 234 g/mol. The number of hydrogen-bond donors (Lipinski definition) is 0. The van der Waals surface area contributed by atoms with Gasteiger partial charge in [0.1, 0.15) is 6.10 Å². The maximum absolute atomic E-state index is 5.50. The van der Waals surface area contributed by atoms with E-state index in [-0.39, 0.29) is 6.10 Å². The van der Waals surface area contributed by atoms with Crippen LogP contribution in [0.4, 0.5) is 0 Å². The molecule has 0 saturated carbocycles. The molecule has 1 fully saturated rings. The third kappa shape index (κ3) is 2.49. The van der Waals surface area contributed by atoms with Crippen molar-refractivity contribution in [1.82, 2.24) is 4.98 Å². The van der Waals surface area contributed by atoms with Crippen LogP contribution in [0.5, 0.6) is 0 Å². The molecule has 1 aromatic heterocycles. The van der Waals surface area contributed by atoms with E-state index in [4.69, 9.17) is 9.47 Å². The second-order valence-corrected chi connectivity index (χ2v) is 3.85. The Labute approximate surface area is 85.2 Å². The first kappa shape index (κ1) is 9.12. The van der Waals surface area contributed by atoms with Crippen LogP contribution in [0, 0.1) is 0 Å². The van der Waals surface area contributed by atoms with Gasteiger partial charge >= 0.3 is 0 Å². The molecule has 0 amide bonds. The molecule has 0 bridgehead atoms. The van der Waals surface area contributed by atoms with Crippen LogP contribution in [-0.2, 0) is 16.1 Å². The molecule has 0 radical (unpaired) electrons. The Kier molecular flexibility index (Phi) is 2.93. The highest BCUT2D eigenvalue weighted by Gasteiger charge is 2.18. The number of ether oxygens (including phenoxy) is 2. The number of nitrogens with zero attached hydrogens (tertiary/aromatic N) is 1. The Morgan fingerprint density at radius 2 is 2.38 bits per heavy atom. The molecule has 2 heterocycles. The lowest BCUT2D eigenvalue weighted by molar-refractivity contribution is -0.135. The second-order valence-electron chi connectivity index (χ2n) is 2.94. The quantitative estimate of drug-likeness (QED) is 0.811. The van der Waals surface area contributed by atoms with Gasteiger partial charge in [-0.25, -0.2) is 0 Å². The molecule has 3 nitrogen and oxygen atoms in total. The van der Waals surface area contributed by atoms with E-state index in [1.54, 1.807) is 6.20 Å². The second kappa shape index (κ2) is 4.17. The minimum absolute atomic E-state index is 0.269. The zero-order valence-corrected chi connectivity index (χ0v) is 8.66. The van der Waals surface area contributed by atoms with Crippen molar-refractivity contribution in [3.63, 3.8) is 0 Å². The molecule has 2 rings (SSSR count). The summed E-state index contributed by atoms with van der Waals surface area (Å²) in [5.41, 5.74) is 0.954. The van der Waals surface area contributed by atoms with Crippen molar-refractivity contribution in [2.45, 2.75) is 12.7 Å². The average molecular weight is 244 g/mol. The van der Waals surface area contributed by atoms with E-state index in [2.05, 4.69) is 20.9 Å². The molecule has 0 N–H and O–H groups in total. The summed E-state index contributed by atoms with van der Waals surface area (Å²) in [6.07, 6.45) is 2.04. The molecule has 1 saturated heterocycles. The number of pyridine rings is 1. The van der Waals surface area contributed by atoms with Gasteiger partial charge in [0.2, 0.25) is 0 Å². The molecule has 4 heteroatoms. The fourth-order valence-electron chi connectivity index (χ4n) is 1.01. The fraction of sp³-hybridized carbons (Fsp3) is 0.444. The van der Waals surface area contributed by atoms with E-state index in [0.717, 1.165) is 23.4 Å². The van der Waals surface area contributed by atoms with Crippen molar-refractivity contribution in [2.75, 3.05) is 13.2 Å². The standard InChI is InChI=1S/C9H10BrNO2/c10-7-1-2-8(11-3-7)4-13-9-5-12-6-9/h1-3,9H,4-6H2. The van der Waals surface area contributed by atoms with Crippen molar-refractivity contribution >= 4 is 15.9 Å². The summed E-state index contributed by atoms with van der Waals surface area (Å²) < 4.78 is 11.5. The number of rotatable bonds is 3. The fourth-order valence-corrected chi connectivity index (χ4v) is 1.24. The number of aromatic nitrogens is 1. The molecule has 1 aliphatic rings. The minimum Gasteiger partial charge on any atom is -0.376 e. The SMILES string of the molecule is Brc1ccc(COC2COC2)nc1. The summed E-state index contributed by atoms with van der Waals surface area (Å²) in [4.78, 5) is 4.20. The summed E-state index contributed by atoms with van der Waals surface area (Å²) in [6.45, 7) is 2.01. The van der Waals surface area contributed by atoms with Gasteiger partial charge in [-0.1, -0.05) is 0 Å². The molecule has 1 aromatic rings. The summed E-state index contributed by atoms with van der Waals surface area (Å²) in [6, 6.07) is 3.91. The zero-order valence-electron chi connectivity index (χ0n) is 7.07. The van der Waals surface area contributed by atoms with E-state index in [1.807, 2.05) is 12.1 Å². The lowest BCUT2D eigenvalue weighted by atomic mass is 10.3. The van der Waals surface area contributed by atoms with Crippen molar-refractivity contribution in [2.24, 2.45) is 0 Å². The van der Waals surface area contributed by atoms with Crippen molar-refractivity contribution in [3.05, 3.63) is 28.5 Å². The monoisotopic (exact) mass is 243 g/mol. The molecule has 0 aliphatic carbocycles. The first-order chi connectivity index (χ1) is 6.34. The first-order valence-electron chi connectivity index (χ1n) is 4.14. The normalized spacial score (nSPS) is 17.0. The zero-order chi connectivity index (χ0) is 9.10. The van der Waals surface area contributed by atoms with E-state index in [1.165, 1.54) is 0 Å². The first-order valence-corrected chi connectivity index (χ1v) is 4.93. The van der Waals surface area contributed by atoms with Crippen LogP contribution in [-0.4, -0.2) is 24.3 Å². The molecule has 1 aliphatic heterocycles. The van der Waals surface area contributed by atoms with E-state index < -0.39 is 0 Å². The predicted octanol–water partition coefficient (Wildman–Crippen LogP) is 1.76. The lowest BCUT2D eigenvalue weighted by Crippen LogP contribution is -2.35. The van der Waals surface area contributed by atoms with E-state index in [0.29, 0.717) is 6.61 Å². The Morgan fingerprint density at radius 3 is 2.92 bits per heavy atom. The highest BCUT2D eigenvalue weighted by Crippen LogP contribution is 2.11. The molecule has 13 heavy (non-hydrogen) atoms. The predicted molar refractivity (Wildman–Crippen MR) is 51.3 cm³/mol. The Balaban J connectivity index is 1.83. The van der Waals surface area contributed by atoms with E-state index in [9.17, 15) is 0 Å². The summed E-state index contributed by atoms with van der Waals surface area (Å²) in [7, 11) is 0. The number of halogens is 1. The van der Waals surface area contributed by atoms with Gasteiger partial charge in [-0.3, -0.25) is 4.98 Å². The number of hydrogen-bond acceptors (Lipinski definition) is 3. The minimum atomic E-state index is 0.269. The highest BCUT2D eigenvalue weighted by atomic mass is 79.9. The van der Waals surface area contributed by atoms with Crippen LogP contribution in [0.1, 0.15) is 5.69 Å². The lowest BCUT2D eigenvalue weighted by Gasteiger charge is -2.25. The van der Waals surface area contributed by atoms with Crippen molar-refractivity contribution in [1.29, 1.82) is 0 Å². The van der Waals surface area contributed by atoms with Crippen molar-refractivity contribution < 1.29 is 9.47 Å². The summed E-state index contributed by atoms with van der Waals surface area (Å²) >= 11 is 3.33. The van der Waals surface area contributed by atoms with Gasteiger partial charge in [-0.2, -0.15) is 0 Å². The van der Waals surface area contributed by atoms with Gasteiger partial charge in [-0.05, 0) is 28.1 Å². The molecule has 0 unspecified atom stereocenters. The van der Waals surface area contributed by atoms with E-state index >= 15 is 0 Å². The van der Waals surface area contributed by atoms with Gasteiger partial charge in [0.25, 0.3) is 0 Å². The highest BCUT2D eigenvalue weighted by molar-refractivity contribution is 9.10. The van der Waals surface area contributed by atoms with Gasteiger partial charge in [0.05, 0.1) is 25.5 Å². The Bertz CT molecular complexity index is 271. The third-order valence-electron chi connectivity index (χ3n) is 1.86. The van der Waals surface area contributed by atoms with Crippen molar-refractivity contribution in [3.8, 4) is 0 Å². The summed E-state index contributed by atoms with van der Waals surface area (Å²) in [5.74, 6) is 0. The van der Waals surface area contributed by atoms with Crippen LogP contribution in [0.3, 0.4) is 0 Å². The molecular formula is C9H10BrNO2. The van der Waals surface area contributed by atoms with Gasteiger partial charge < -0.3 is 9.47 Å². The topological polar surface area (TPSA) is 31.4 Å². The van der Waals surface area contributed by atoms with Crippen LogP contribution >= 0.6 is 15.9 Å². The van der Waals surface area contributed by atoms with Gasteiger partial charge in [0.15, 0.2) is 0 Å². The van der Waals surface area contributed by atoms with Gasteiger partial charge in [-0.15, -0.1) is 0 Å². The van der Waals surface area contributed by atoms with Crippen LogP contribution < -0.4 is 0 Å². The molecule has 0 spiro atoms. The van der Waals surface area contributed by atoms with Crippen LogP contribution in [0.25, 0.3) is 0 Å². The van der Waals surface area contributed by atoms with Crippen LogP contribution in [0.15, 0.2) is 22.8 Å². The van der Waals surface area contributed by atoms with Gasteiger partial charge in [0, 0.05) is 10.7 Å². The molecule has 0 aromatic carbocycles. The Morgan fingerprint density at radius 1 is 1.54 bits per heavy atom.